The van der Waals surface area contributed by atoms with Crippen molar-refractivity contribution in [2.45, 2.75) is 71.4 Å². The Labute approximate surface area is 134 Å². The van der Waals surface area contributed by atoms with Gasteiger partial charge in [-0.05, 0) is 47.5 Å². The van der Waals surface area contributed by atoms with Gasteiger partial charge in [-0.3, -0.25) is 4.79 Å². The lowest BCUT2D eigenvalue weighted by Crippen LogP contribution is -2.53. The third-order valence-electron chi connectivity index (χ3n) is 3.56. The zero-order valence-corrected chi connectivity index (χ0v) is 14.6. The fourth-order valence-electron chi connectivity index (χ4n) is 2.78. The minimum absolute atomic E-state index is 0.199. The van der Waals surface area contributed by atoms with Gasteiger partial charge in [-0.25, -0.2) is 0 Å². The van der Waals surface area contributed by atoms with Crippen molar-refractivity contribution in [2.75, 3.05) is 6.61 Å². The summed E-state index contributed by atoms with van der Waals surface area (Å²) < 4.78 is 17.5. The Bertz CT molecular complexity index is 407. The Balaban J connectivity index is 2.80. The van der Waals surface area contributed by atoms with Gasteiger partial charge in [-0.1, -0.05) is 12.2 Å². The highest BCUT2D eigenvalue weighted by Gasteiger charge is 2.45. The van der Waals surface area contributed by atoms with E-state index < -0.39 is 16.8 Å². The van der Waals surface area contributed by atoms with Crippen LogP contribution in [0.15, 0.2) is 25.3 Å². The number of esters is 1. The van der Waals surface area contributed by atoms with E-state index in [4.69, 9.17) is 14.2 Å². The molecule has 126 valence electrons. The zero-order valence-electron chi connectivity index (χ0n) is 14.6. The highest BCUT2D eigenvalue weighted by Crippen LogP contribution is 2.39. The molecule has 1 saturated heterocycles. The molecule has 1 fully saturated rings. The normalized spacial score (nSPS) is 23.6. The summed E-state index contributed by atoms with van der Waals surface area (Å²) in [6, 6.07) is 0. The smallest absolute Gasteiger partial charge is 0.311 e. The average Bonchev–Trinajstić information content (AvgIpc) is 2.33. The Hall–Kier alpha value is -1.13. The lowest BCUT2D eigenvalue weighted by molar-refractivity contribution is -0.336. The first-order valence-corrected chi connectivity index (χ1v) is 7.81. The SMILES string of the molecule is C=CCC1(CC=C)C[C@@H](COC(=O)C(C)(C)C)OC(C)(C)O1. The molecule has 0 aliphatic carbocycles. The van der Waals surface area contributed by atoms with Crippen LogP contribution in [-0.4, -0.2) is 30.1 Å². The van der Waals surface area contributed by atoms with Crippen molar-refractivity contribution in [1.29, 1.82) is 0 Å². The maximum atomic E-state index is 11.9. The first-order chi connectivity index (χ1) is 10.0. The number of rotatable bonds is 6. The second-order valence-corrected chi connectivity index (χ2v) is 7.46. The van der Waals surface area contributed by atoms with Crippen LogP contribution in [0.1, 0.15) is 53.9 Å². The summed E-state index contributed by atoms with van der Waals surface area (Å²) in [5.41, 5.74) is -0.913. The molecule has 4 heteroatoms. The Morgan fingerprint density at radius 2 is 1.82 bits per heavy atom. The molecule has 0 aromatic heterocycles. The molecular formula is C18H30O4. The van der Waals surface area contributed by atoms with Crippen molar-refractivity contribution in [3.63, 3.8) is 0 Å². The topological polar surface area (TPSA) is 44.8 Å². The number of hydrogen-bond acceptors (Lipinski definition) is 4. The third kappa shape index (κ3) is 5.25. The van der Waals surface area contributed by atoms with Crippen LogP contribution in [0.3, 0.4) is 0 Å². The minimum atomic E-state index is -0.733. The van der Waals surface area contributed by atoms with Gasteiger partial charge in [0.2, 0.25) is 0 Å². The van der Waals surface area contributed by atoms with Crippen LogP contribution in [0, 0.1) is 5.41 Å². The monoisotopic (exact) mass is 310 g/mol. The molecular weight excluding hydrogens is 280 g/mol. The van der Waals surface area contributed by atoms with Gasteiger partial charge in [0.1, 0.15) is 6.61 Å². The summed E-state index contributed by atoms with van der Waals surface area (Å²) in [5.74, 6) is -0.957. The van der Waals surface area contributed by atoms with Crippen LogP contribution in [0.2, 0.25) is 0 Å². The van der Waals surface area contributed by atoms with Gasteiger partial charge in [0, 0.05) is 6.42 Å². The molecule has 0 aromatic rings. The third-order valence-corrected chi connectivity index (χ3v) is 3.56. The van der Waals surface area contributed by atoms with Crippen LogP contribution >= 0.6 is 0 Å². The molecule has 1 aliphatic heterocycles. The maximum absolute atomic E-state index is 11.9. The van der Waals surface area contributed by atoms with Crippen molar-refractivity contribution >= 4 is 5.97 Å². The van der Waals surface area contributed by atoms with Gasteiger partial charge in [-0.15, -0.1) is 13.2 Å². The first-order valence-electron chi connectivity index (χ1n) is 7.81. The summed E-state index contributed by atoms with van der Waals surface area (Å²) in [5, 5.41) is 0. The molecule has 0 saturated carbocycles. The van der Waals surface area contributed by atoms with Gasteiger partial charge >= 0.3 is 5.97 Å². The molecule has 0 amide bonds. The molecule has 0 spiro atoms. The van der Waals surface area contributed by atoms with Crippen LogP contribution in [0.25, 0.3) is 0 Å². The molecule has 4 nitrogen and oxygen atoms in total. The lowest BCUT2D eigenvalue weighted by Gasteiger charge is -2.48. The van der Waals surface area contributed by atoms with E-state index >= 15 is 0 Å². The van der Waals surface area contributed by atoms with E-state index in [1.807, 2.05) is 46.8 Å². The molecule has 0 N–H and O–H groups in total. The van der Waals surface area contributed by atoms with Crippen molar-refractivity contribution in [2.24, 2.45) is 5.41 Å². The van der Waals surface area contributed by atoms with Gasteiger partial charge in [0.25, 0.3) is 0 Å². The summed E-state index contributed by atoms with van der Waals surface area (Å²) in [6.07, 6.45) is 5.55. The van der Waals surface area contributed by atoms with E-state index in [1.54, 1.807) is 0 Å². The maximum Gasteiger partial charge on any atom is 0.311 e. The number of carbonyl (C=O) groups is 1. The zero-order chi connectivity index (χ0) is 17.0. The average molecular weight is 310 g/mol. The number of ether oxygens (including phenoxy) is 3. The first kappa shape index (κ1) is 18.9. The van der Waals surface area contributed by atoms with E-state index in [0.717, 1.165) is 0 Å². The van der Waals surface area contributed by atoms with Crippen molar-refractivity contribution in [1.82, 2.24) is 0 Å². The molecule has 1 aliphatic rings. The van der Waals surface area contributed by atoms with Crippen LogP contribution in [-0.2, 0) is 19.0 Å². The highest BCUT2D eigenvalue weighted by molar-refractivity contribution is 5.75. The Morgan fingerprint density at radius 1 is 1.27 bits per heavy atom. The largest absolute Gasteiger partial charge is 0.463 e. The van der Waals surface area contributed by atoms with Crippen molar-refractivity contribution in [3.05, 3.63) is 25.3 Å². The van der Waals surface area contributed by atoms with E-state index in [-0.39, 0.29) is 18.7 Å². The summed E-state index contributed by atoms with van der Waals surface area (Å²) in [6.45, 7) is 17.1. The summed E-state index contributed by atoms with van der Waals surface area (Å²) >= 11 is 0. The Morgan fingerprint density at radius 3 is 2.27 bits per heavy atom. The fraction of sp³-hybridized carbons (Fsp3) is 0.722. The second kappa shape index (κ2) is 6.97. The Kier molecular flexibility index (Phi) is 5.99. The molecule has 1 heterocycles. The molecule has 1 atom stereocenters. The van der Waals surface area contributed by atoms with Crippen LogP contribution in [0.5, 0.6) is 0 Å². The van der Waals surface area contributed by atoms with Gasteiger partial charge in [0.05, 0.1) is 17.1 Å². The van der Waals surface area contributed by atoms with Crippen LogP contribution < -0.4 is 0 Å². The van der Waals surface area contributed by atoms with E-state index in [2.05, 4.69) is 13.2 Å². The van der Waals surface area contributed by atoms with Gasteiger partial charge < -0.3 is 14.2 Å². The molecule has 22 heavy (non-hydrogen) atoms. The predicted octanol–water partition coefficient (Wildman–Crippen LogP) is 4.01. The summed E-state index contributed by atoms with van der Waals surface area (Å²) in [4.78, 5) is 11.9. The standard InChI is InChI=1S/C18H30O4/c1-8-10-18(11-9-2)12-14(21-17(6,7)22-18)13-20-15(19)16(3,4)5/h8-9,14H,1-2,10-13H2,3-7H3/t14-/m0/s1. The number of carbonyl (C=O) groups excluding carboxylic acids is 1. The quantitative estimate of drug-likeness (QED) is 0.549. The summed E-state index contributed by atoms with van der Waals surface area (Å²) in [7, 11) is 0. The molecule has 0 aromatic carbocycles. The van der Waals surface area contributed by atoms with Crippen molar-refractivity contribution in [3.8, 4) is 0 Å². The van der Waals surface area contributed by atoms with E-state index in [0.29, 0.717) is 19.3 Å². The van der Waals surface area contributed by atoms with E-state index in [9.17, 15) is 4.79 Å². The fourth-order valence-corrected chi connectivity index (χ4v) is 2.78. The second-order valence-electron chi connectivity index (χ2n) is 7.46. The minimum Gasteiger partial charge on any atom is -0.463 e. The number of hydrogen-bond donors (Lipinski definition) is 0. The predicted molar refractivity (Wildman–Crippen MR) is 87.4 cm³/mol. The lowest BCUT2D eigenvalue weighted by atomic mass is 9.87. The van der Waals surface area contributed by atoms with Crippen molar-refractivity contribution < 1.29 is 19.0 Å². The molecule has 0 bridgehead atoms. The molecule has 0 unspecified atom stereocenters. The van der Waals surface area contributed by atoms with Gasteiger partial charge in [-0.2, -0.15) is 0 Å². The van der Waals surface area contributed by atoms with Gasteiger partial charge in [0.15, 0.2) is 5.79 Å². The van der Waals surface area contributed by atoms with Crippen LogP contribution in [0.4, 0.5) is 0 Å². The molecule has 0 radical (unpaired) electrons. The molecule has 1 rings (SSSR count). The highest BCUT2D eigenvalue weighted by atomic mass is 16.7. The van der Waals surface area contributed by atoms with E-state index in [1.165, 1.54) is 0 Å².